The average Bonchev–Trinajstić information content (AvgIpc) is 2.47. The zero-order valence-electron chi connectivity index (χ0n) is 11.9. The van der Waals surface area contributed by atoms with Crippen LogP contribution in [0.25, 0.3) is 0 Å². The van der Waals surface area contributed by atoms with Crippen molar-refractivity contribution in [3.05, 3.63) is 35.9 Å². The first kappa shape index (κ1) is 14.5. The highest BCUT2D eigenvalue weighted by Gasteiger charge is 2.29. The Balaban J connectivity index is 2.16. The maximum atomic E-state index is 5.78. The van der Waals surface area contributed by atoms with Gasteiger partial charge in [-0.25, -0.2) is 0 Å². The largest absolute Gasteiger partial charge is 0.383 e. The number of piperidine rings is 1. The van der Waals surface area contributed by atoms with Crippen molar-refractivity contribution in [1.82, 2.24) is 4.90 Å². The Morgan fingerprint density at radius 3 is 2.79 bits per heavy atom. The van der Waals surface area contributed by atoms with Gasteiger partial charge in [0.2, 0.25) is 0 Å². The second-order valence-corrected chi connectivity index (χ2v) is 5.35. The lowest BCUT2D eigenvalue weighted by Gasteiger charge is -2.41. The highest BCUT2D eigenvalue weighted by atomic mass is 16.5. The fraction of sp³-hybridized carbons (Fsp3) is 0.625. The molecule has 3 heteroatoms. The molecule has 0 spiro atoms. The summed E-state index contributed by atoms with van der Waals surface area (Å²) in [5, 5.41) is 0. The molecule has 19 heavy (non-hydrogen) atoms. The molecule has 2 atom stereocenters. The summed E-state index contributed by atoms with van der Waals surface area (Å²) in [5.74, 6) is 0. The molecule has 1 fully saturated rings. The van der Waals surface area contributed by atoms with Gasteiger partial charge in [0.25, 0.3) is 0 Å². The van der Waals surface area contributed by atoms with Crippen LogP contribution >= 0.6 is 0 Å². The molecule has 0 saturated carbocycles. The topological polar surface area (TPSA) is 38.5 Å². The predicted molar refractivity (Wildman–Crippen MR) is 79.1 cm³/mol. The zero-order valence-corrected chi connectivity index (χ0v) is 11.9. The van der Waals surface area contributed by atoms with Crippen LogP contribution in [0.5, 0.6) is 0 Å². The molecule has 1 heterocycles. The maximum Gasteiger partial charge on any atom is 0.0659 e. The van der Waals surface area contributed by atoms with E-state index in [2.05, 4.69) is 35.2 Å². The Morgan fingerprint density at radius 2 is 2.11 bits per heavy atom. The Bertz CT molecular complexity index is 353. The number of methoxy groups -OCH3 is 1. The fourth-order valence-corrected chi connectivity index (χ4v) is 3.15. The predicted octanol–water partition coefficient (Wildman–Crippen LogP) is 2.58. The van der Waals surface area contributed by atoms with Crippen molar-refractivity contribution in [2.75, 3.05) is 26.8 Å². The lowest BCUT2D eigenvalue weighted by atomic mass is 9.94. The molecular formula is C16H26N2O. The van der Waals surface area contributed by atoms with Gasteiger partial charge < -0.3 is 10.5 Å². The molecule has 1 aromatic rings. The SMILES string of the molecule is COCC(c1ccccc1)N1CCCCC1CCN. The quantitative estimate of drug-likeness (QED) is 0.856. The van der Waals surface area contributed by atoms with Gasteiger partial charge in [0, 0.05) is 13.2 Å². The molecule has 1 saturated heterocycles. The summed E-state index contributed by atoms with van der Waals surface area (Å²) >= 11 is 0. The van der Waals surface area contributed by atoms with E-state index >= 15 is 0 Å². The van der Waals surface area contributed by atoms with E-state index in [1.807, 2.05) is 0 Å². The second-order valence-electron chi connectivity index (χ2n) is 5.35. The van der Waals surface area contributed by atoms with E-state index in [1.165, 1.54) is 24.8 Å². The van der Waals surface area contributed by atoms with Crippen LogP contribution in [-0.2, 0) is 4.74 Å². The van der Waals surface area contributed by atoms with Crippen LogP contribution in [0.3, 0.4) is 0 Å². The fourth-order valence-electron chi connectivity index (χ4n) is 3.15. The monoisotopic (exact) mass is 262 g/mol. The number of benzene rings is 1. The minimum Gasteiger partial charge on any atom is -0.383 e. The molecular weight excluding hydrogens is 236 g/mol. The van der Waals surface area contributed by atoms with Crippen LogP contribution in [-0.4, -0.2) is 37.7 Å². The van der Waals surface area contributed by atoms with E-state index in [0.717, 1.165) is 26.1 Å². The van der Waals surface area contributed by atoms with Gasteiger partial charge in [0.1, 0.15) is 0 Å². The molecule has 0 aliphatic carbocycles. The minimum atomic E-state index is 0.364. The molecule has 106 valence electrons. The first-order chi connectivity index (χ1) is 9.36. The van der Waals surface area contributed by atoms with Gasteiger partial charge in [0.15, 0.2) is 0 Å². The summed E-state index contributed by atoms with van der Waals surface area (Å²) in [4.78, 5) is 2.61. The summed E-state index contributed by atoms with van der Waals surface area (Å²) < 4.78 is 5.47. The van der Waals surface area contributed by atoms with E-state index < -0.39 is 0 Å². The van der Waals surface area contributed by atoms with E-state index in [0.29, 0.717) is 12.1 Å². The molecule has 2 unspecified atom stereocenters. The summed E-state index contributed by atoms with van der Waals surface area (Å²) in [5.41, 5.74) is 7.13. The zero-order chi connectivity index (χ0) is 13.5. The van der Waals surface area contributed by atoms with Crippen LogP contribution in [0.15, 0.2) is 30.3 Å². The summed E-state index contributed by atoms with van der Waals surface area (Å²) in [6.07, 6.45) is 4.97. The highest BCUT2D eigenvalue weighted by molar-refractivity contribution is 5.19. The summed E-state index contributed by atoms with van der Waals surface area (Å²) in [6.45, 7) is 2.69. The molecule has 0 radical (unpaired) electrons. The number of nitrogens with zero attached hydrogens (tertiary/aromatic N) is 1. The van der Waals surface area contributed by atoms with Crippen molar-refractivity contribution < 1.29 is 4.74 Å². The molecule has 3 nitrogen and oxygen atoms in total. The smallest absolute Gasteiger partial charge is 0.0659 e. The van der Waals surface area contributed by atoms with Crippen molar-refractivity contribution in [3.63, 3.8) is 0 Å². The van der Waals surface area contributed by atoms with Gasteiger partial charge in [0.05, 0.1) is 12.6 Å². The Kier molecular flexibility index (Phi) is 5.83. The Labute approximate surface area is 116 Å². The minimum absolute atomic E-state index is 0.364. The highest BCUT2D eigenvalue weighted by Crippen LogP contribution is 2.30. The first-order valence-corrected chi connectivity index (χ1v) is 7.36. The normalized spacial score (nSPS) is 22.3. The lowest BCUT2D eigenvalue weighted by molar-refractivity contribution is 0.0371. The van der Waals surface area contributed by atoms with E-state index in [-0.39, 0.29) is 0 Å². The molecule has 2 rings (SSSR count). The Morgan fingerprint density at radius 1 is 1.32 bits per heavy atom. The van der Waals surface area contributed by atoms with Crippen LogP contribution in [0.1, 0.15) is 37.3 Å². The van der Waals surface area contributed by atoms with Gasteiger partial charge >= 0.3 is 0 Å². The average molecular weight is 262 g/mol. The number of hydrogen-bond donors (Lipinski definition) is 1. The van der Waals surface area contributed by atoms with Crippen molar-refractivity contribution in [3.8, 4) is 0 Å². The first-order valence-electron chi connectivity index (χ1n) is 7.36. The number of likely N-dealkylation sites (tertiary alicyclic amines) is 1. The van der Waals surface area contributed by atoms with Crippen LogP contribution in [0.4, 0.5) is 0 Å². The van der Waals surface area contributed by atoms with Gasteiger partial charge in [-0.2, -0.15) is 0 Å². The van der Waals surface area contributed by atoms with E-state index in [1.54, 1.807) is 7.11 Å². The van der Waals surface area contributed by atoms with Crippen molar-refractivity contribution >= 4 is 0 Å². The van der Waals surface area contributed by atoms with Gasteiger partial charge in [-0.05, 0) is 37.9 Å². The van der Waals surface area contributed by atoms with Crippen LogP contribution in [0.2, 0.25) is 0 Å². The van der Waals surface area contributed by atoms with Crippen molar-refractivity contribution in [1.29, 1.82) is 0 Å². The third-order valence-electron chi connectivity index (χ3n) is 4.08. The molecule has 1 aliphatic rings. The summed E-state index contributed by atoms with van der Waals surface area (Å²) in [6, 6.07) is 11.7. The van der Waals surface area contributed by atoms with Gasteiger partial charge in [-0.3, -0.25) is 4.90 Å². The van der Waals surface area contributed by atoms with Crippen molar-refractivity contribution in [2.45, 2.75) is 37.8 Å². The molecule has 0 aromatic heterocycles. The standard InChI is InChI=1S/C16H26N2O/c1-19-13-16(14-7-3-2-4-8-14)18-12-6-5-9-15(18)10-11-17/h2-4,7-8,15-16H,5-6,9-13,17H2,1H3. The number of rotatable bonds is 6. The summed E-state index contributed by atoms with van der Waals surface area (Å²) in [7, 11) is 1.79. The number of ether oxygens (including phenoxy) is 1. The third kappa shape index (κ3) is 3.78. The molecule has 0 amide bonds. The molecule has 0 bridgehead atoms. The van der Waals surface area contributed by atoms with Crippen LogP contribution < -0.4 is 5.73 Å². The molecule has 1 aromatic carbocycles. The Hall–Kier alpha value is -0.900. The maximum absolute atomic E-state index is 5.78. The third-order valence-corrected chi connectivity index (χ3v) is 4.08. The van der Waals surface area contributed by atoms with Gasteiger partial charge in [-0.1, -0.05) is 36.8 Å². The van der Waals surface area contributed by atoms with Gasteiger partial charge in [-0.15, -0.1) is 0 Å². The molecule has 1 aliphatic heterocycles. The molecule has 2 N–H and O–H groups in total. The number of hydrogen-bond acceptors (Lipinski definition) is 3. The number of nitrogens with two attached hydrogens (primary N) is 1. The van der Waals surface area contributed by atoms with E-state index in [4.69, 9.17) is 10.5 Å². The lowest BCUT2D eigenvalue weighted by Crippen LogP contribution is -2.44. The van der Waals surface area contributed by atoms with Crippen molar-refractivity contribution in [2.24, 2.45) is 5.73 Å². The van der Waals surface area contributed by atoms with E-state index in [9.17, 15) is 0 Å². The second kappa shape index (κ2) is 7.63. The van der Waals surface area contributed by atoms with Crippen LogP contribution in [0, 0.1) is 0 Å².